The quantitative estimate of drug-likeness (QED) is 0.686. The average Bonchev–Trinajstić information content (AvgIpc) is 2.97. The van der Waals surface area contributed by atoms with Crippen LogP contribution < -0.4 is 5.32 Å². The molecule has 0 spiro atoms. The Hall–Kier alpha value is -2.36. The molecule has 1 heterocycles. The Kier molecular flexibility index (Phi) is 3.40. The fourth-order valence-electron chi connectivity index (χ4n) is 2.14. The van der Waals surface area contributed by atoms with Crippen LogP contribution in [0.25, 0.3) is 10.8 Å². The summed E-state index contributed by atoms with van der Waals surface area (Å²) in [6.07, 6.45) is 3.49. The van der Waals surface area contributed by atoms with Gasteiger partial charge in [0.2, 0.25) is 0 Å². The van der Waals surface area contributed by atoms with Crippen LogP contribution in [0.1, 0.15) is 12.2 Å². The van der Waals surface area contributed by atoms with Gasteiger partial charge >= 0.3 is 0 Å². The van der Waals surface area contributed by atoms with Crippen molar-refractivity contribution in [1.29, 1.82) is 0 Å². The van der Waals surface area contributed by atoms with E-state index >= 15 is 0 Å². The van der Waals surface area contributed by atoms with Crippen molar-refractivity contribution in [3.05, 3.63) is 54.6 Å². The maximum Gasteiger partial charge on any atom is 0.137 e. The maximum absolute atomic E-state index is 4.11. The number of hydrogen-bond acceptors (Lipinski definition) is 3. The minimum Gasteiger partial charge on any atom is -0.385 e. The third-order valence-corrected chi connectivity index (χ3v) is 3.13. The van der Waals surface area contributed by atoms with Crippen LogP contribution in [0.15, 0.2) is 48.8 Å². The zero-order valence-corrected chi connectivity index (χ0v) is 10.6. The Morgan fingerprint density at radius 3 is 2.79 bits per heavy atom. The number of rotatable bonds is 5. The minimum atomic E-state index is 0.917. The molecule has 3 rings (SSSR count). The van der Waals surface area contributed by atoms with Crippen molar-refractivity contribution in [3.63, 3.8) is 0 Å². The summed E-state index contributed by atoms with van der Waals surface area (Å²) in [6, 6.07) is 14.8. The highest BCUT2D eigenvalue weighted by molar-refractivity contribution is 5.85. The third-order valence-electron chi connectivity index (χ3n) is 3.13. The van der Waals surface area contributed by atoms with E-state index in [0.29, 0.717) is 0 Å². The molecule has 0 aliphatic rings. The van der Waals surface area contributed by atoms with Crippen molar-refractivity contribution < 1.29 is 0 Å². The van der Waals surface area contributed by atoms with Crippen LogP contribution in [-0.2, 0) is 6.42 Å². The summed E-state index contributed by atoms with van der Waals surface area (Å²) in [5.74, 6) is 0.945. The van der Waals surface area contributed by atoms with Crippen LogP contribution in [0.2, 0.25) is 0 Å². The summed E-state index contributed by atoms with van der Waals surface area (Å²) < 4.78 is 0. The molecule has 3 aromatic rings. The molecule has 0 amide bonds. The number of fused-ring (bicyclic) bond motifs is 1. The maximum atomic E-state index is 4.11. The fraction of sp³-hybridized carbons (Fsp3) is 0.200. The highest BCUT2D eigenvalue weighted by atomic mass is 15.2. The van der Waals surface area contributed by atoms with E-state index in [4.69, 9.17) is 0 Å². The predicted octanol–water partition coefficient (Wildman–Crippen LogP) is 3.00. The first-order chi connectivity index (χ1) is 9.42. The molecular weight excluding hydrogens is 236 g/mol. The highest BCUT2D eigenvalue weighted by Crippen LogP contribution is 2.18. The molecule has 4 heteroatoms. The highest BCUT2D eigenvalue weighted by Gasteiger charge is 1.97. The normalized spacial score (nSPS) is 10.7. The monoisotopic (exact) mass is 252 g/mol. The summed E-state index contributed by atoms with van der Waals surface area (Å²) in [5, 5.41) is 12.7. The molecule has 0 atom stereocenters. The lowest BCUT2D eigenvalue weighted by molar-refractivity contribution is 0.806. The largest absolute Gasteiger partial charge is 0.385 e. The van der Waals surface area contributed by atoms with Gasteiger partial charge in [-0.2, -0.15) is 5.10 Å². The number of nitrogens with zero attached hydrogens (tertiary/aromatic N) is 2. The smallest absolute Gasteiger partial charge is 0.137 e. The Balaban J connectivity index is 1.56. The average molecular weight is 252 g/mol. The van der Waals surface area contributed by atoms with E-state index in [9.17, 15) is 0 Å². The Morgan fingerprint density at radius 2 is 1.95 bits per heavy atom. The van der Waals surface area contributed by atoms with Gasteiger partial charge in [0, 0.05) is 18.7 Å². The fourth-order valence-corrected chi connectivity index (χ4v) is 2.14. The number of aryl methyl sites for hydroxylation is 1. The van der Waals surface area contributed by atoms with Gasteiger partial charge in [-0.15, -0.1) is 0 Å². The summed E-state index contributed by atoms with van der Waals surface area (Å²) in [5.41, 5.74) is 1.16. The van der Waals surface area contributed by atoms with Crippen molar-refractivity contribution >= 4 is 16.5 Å². The molecule has 1 aromatic heterocycles. The molecule has 0 saturated heterocycles. The molecule has 0 fully saturated rings. The van der Waals surface area contributed by atoms with Gasteiger partial charge in [0.15, 0.2) is 0 Å². The number of benzene rings is 2. The van der Waals surface area contributed by atoms with Gasteiger partial charge < -0.3 is 5.32 Å². The van der Waals surface area contributed by atoms with Crippen molar-refractivity contribution in [2.75, 3.05) is 11.9 Å². The molecule has 0 unspecified atom stereocenters. The molecule has 0 saturated carbocycles. The van der Waals surface area contributed by atoms with Gasteiger partial charge in [-0.25, -0.2) is 4.98 Å². The zero-order chi connectivity index (χ0) is 12.9. The van der Waals surface area contributed by atoms with Crippen molar-refractivity contribution in [2.45, 2.75) is 12.8 Å². The van der Waals surface area contributed by atoms with E-state index in [1.165, 1.54) is 10.8 Å². The Bertz CT molecular complexity index is 646. The summed E-state index contributed by atoms with van der Waals surface area (Å²) in [4.78, 5) is 4.11. The summed E-state index contributed by atoms with van der Waals surface area (Å²) in [7, 11) is 0. The topological polar surface area (TPSA) is 53.6 Å². The van der Waals surface area contributed by atoms with E-state index in [0.717, 1.165) is 30.9 Å². The van der Waals surface area contributed by atoms with Gasteiger partial charge in [0.05, 0.1) is 0 Å². The number of H-pyrrole nitrogens is 1. The lowest BCUT2D eigenvalue weighted by Crippen LogP contribution is -2.03. The molecule has 4 nitrogen and oxygen atoms in total. The minimum absolute atomic E-state index is 0.917. The second kappa shape index (κ2) is 5.52. The van der Waals surface area contributed by atoms with E-state index in [1.807, 2.05) is 0 Å². The zero-order valence-electron chi connectivity index (χ0n) is 10.6. The van der Waals surface area contributed by atoms with Gasteiger partial charge in [0.25, 0.3) is 0 Å². The number of anilines is 1. The molecule has 2 aromatic carbocycles. The van der Waals surface area contributed by atoms with E-state index < -0.39 is 0 Å². The lowest BCUT2D eigenvalue weighted by atomic mass is 10.1. The Labute approximate surface area is 111 Å². The Morgan fingerprint density at radius 1 is 1.05 bits per heavy atom. The lowest BCUT2D eigenvalue weighted by Gasteiger charge is -2.07. The molecule has 0 aliphatic carbocycles. The summed E-state index contributed by atoms with van der Waals surface area (Å²) in [6.45, 7) is 0.930. The second-order valence-electron chi connectivity index (χ2n) is 4.52. The summed E-state index contributed by atoms with van der Waals surface area (Å²) >= 11 is 0. The predicted molar refractivity (Wildman–Crippen MR) is 77.1 cm³/mol. The number of hydrogen-bond donors (Lipinski definition) is 2. The van der Waals surface area contributed by atoms with Crippen LogP contribution in [0.4, 0.5) is 5.69 Å². The van der Waals surface area contributed by atoms with Gasteiger partial charge in [-0.05, 0) is 29.3 Å². The van der Waals surface area contributed by atoms with Gasteiger partial charge in [0.1, 0.15) is 12.2 Å². The first kappa shape index (κ1) is 11.7. The molecule has 96 valence electrons. The first-order valence-corrected chi connectivity index (χ1v) is 6.49. The van der Waals surface area contributed by atoms with Crippen molar-refractivity contribution in [1.82, 2.24) is 15.2 Å². The second-order valence-corrected chi connectivity index (χ2v) is 4.52. The van der Waals surface area contributed by atoms with Crippen LogP contribution in [-0.4, -0.2) is 21.7 Å². The van der Waals surface area contributed by atoms with Crippen LogP contribution in [0.3, 0.4) is 0 Å². The molecule has 0 bridgehead atoms. The SMILES string of the molecule is c1ccc2cc(NCCCc3ncn[nH]3)ccc2c1. The van der Waals surface area contributed by atoms with Crippen LogP contribution >= 0.6 is 0 Å². The van der Waals surface area contributed by atoms with Crippen molar-refractivity contribution in [3.8, 4) is 0 Å². The van der Waals surface area contributed by atoms with Gasteiger partial charge in [-0.3, -0.25) is 5.10 Å². The molecular formula is C15H16N4. The molecule has 2 N–H and O–H groups in total. The van der Waals surface area contributed by atoms with E-state index in [2.05, 4.69) is 63.0 Å². The molecule has 19 heavy (non-hydrogen) atoms. The van der Waals surface area contributed by atoms with Gasteiger partial charge in [-0.1, -0.05) is 30.3 Å². The van der Waals surface area contributed by atoms with Crippen LogP contribution in [0.5, 0.6) is 0 Å². The standard InChI is InChI=1S/C15H16N4/c1-2-5-13-10-14(8-7-12(13)4-1)16-9-3-6-15-17-11-18-19-15/h1-2,4-5,7-8,10-11,16H,3,6,9H2,(H,17,18,19). The number of nitrogens with one attached hydrogen (secondary N) is 2. The van der Waals surface area contributed by atoms with Crippen LogP contribution in [0, 0.1) is 0 Å². The molecule has 0 aliphatic heterocycles. The molecule has 0 radical (unpaired) electrons. The third kappa shape index (κ3) is 2.91. The van der Waals surface area contributed by atoms with E-state index in [-0.39, 0.29) is 0 Å². The number of aromatic amines is 1. The van der Waals surface area contributed by atoms with Crippen molar-refractivity contribution in [2.24, 2.45) is 0 Å². The van der Waals surface area contributed by atoms with E-state index in [1.54, 1.807) is 6.33 Å². The number of aromatic nitrogens is 3. The first-order valence-electron chi connectivity index (χ1n) is 6.49.